The number of hydrogen-bond acceptors (Lipinski definition) is 5. The number of benzene rings is 9. The molecule has 0 radical (unpaired) electrons. The lowest BCUT2D eigenvalue weighted by atomic mass is 9.99. The van der Waals surface area contributed by atoms with Crippen LogP contribution in [-0.2, 0) is 0 Å². The molecular formula is C57H34N4O2. The average molecular weight is 807 g/mol. The van der Waals surface area contributed by atoms with Gasteiger partial charge in [0, 0.05) is 60.8 Å². The van der Waals surface area contributed by atoms with Crippen molar-refractivity contribution in [2.45, 2.75) is 0 Å². The Balaban J connectivity index is 0.942. The van der Waals surface area contributed by atoms with Crippen LogP contribution < -0.4 is 0 Å². The van der Waals surface area contributed by atoms with Gasteiger partial charge in [-0.25, -0.2) is 15.0 Å². The van der Waals surface area contributed by atoms with Crippen LogP contribution in [0.15, 0.2) is 215 Å². The van der Waals surface area contributed by atoms with E-state index in [0.29, 0.717) is 17.5 Å². The fraction of sp³-hybridized carbons (Fsp3) is 0. The van der Waals surface area contributed by atoms with Crippen LogP contribution in [0.3, 0.4) is 0 Å². The van der Waals surface area contributed by atoms with Crippen LogP contribution in [0.1, 0.15) is 0 Å². The SMILES string of the molecule is c1ccc(-c2ccc(-c3nc(-c4ccc5c(c4)oc4cc(-n6c7ccccc7c7ccccc76)ccc45)nc(-c4ccc5c(c4)oc4cccc(-c6ccccc6)c45)n3)cc2)cc1. The zero-order valence-corrected chi connectivity index (χ0v) is 33.7. The standard InChI is InChI=1S/C57H34N4O2/c1-3-12-35(13-4-1)36-22-24-38(25-23-36)55-58-56(60-57(59-55)40-27-30-47-52(33-40)62-50-21-11-18-42(54(47)50)37-14-5-2-6-15-37)39-26-29-45-46-31-28-41(34-53(46)63-51(45)32-39)61-48-19-9-7-16-43(48)44-17-8-10-20-49(44)61/h1-34H. The quantitative estimate of drug-likeness (QED) is 0.167. The summed E-state index contributed by atoms with van der Waals surface area (Å²) in [5, 5.41) is 6.64. The number of hydrogen-bond donors (Lipinski definition) is 0. The van der Waals surface area contributed by atoms with E-state index in [1.165, 1.54) is 10.8 Å². The van der Waals surface area contributed by atoms with Crippen LogP contribution in [0, 0.1) is 0 Å². The molecule has 0 spiro atoms. The minimum Gasteiger partial charge on any atom is -0.456 e. The second kappa shape index (κ2) is 14.0. The first kappa shape index (κ1) is 35.2. The number of nitrogens with zero attached hydrogens (tertiary/aromatic N) is 4. The van der Waals surface area contributed by atoms with Crippen LogP contribution in [0.5, 0.6) is 0 Å². The van der Waals surface area contributed by atoms with Crippen LogP contribution in [0.2, 0.25) is 0 Å². The molecule has 0 bridgehead atoms. The van der Waals surface area contributed by atoms with Gasteiger partial charge in [-0.05, 0) is 76.9 Å². The highest BCUT2D eigenvalue weighted by Gasteiger charge is 2.19. The molecule has 0 aliphatic carbocycles. The van der Waals surface area contributed by atoms with Crippen molar-refractivity contribution >= 4 is 65.7 Å². The molecule has 0 saturated carbocycles. The van der Waals surface area contributed by atoms with Gasteiger partial charge in [0.25, 0.3) is 0 Å². The Morgan fingerprint density at radius 1 is 0.302 bits per heavy atom. The van der Waals surface area contributed by atoms with Gasteiger partial charge in [0.2, 0.25) is 0 Å². The third-order valence-corrected chi connectivity index (χ3v) is 12.3. The molecule has 0 unspecified atom stereocenters. The minimum absolute atomic E-state index is 0.548. The zero-order valence-electron chi connectivity index (χ0n) is 33.7. The van der Waals surface area contributed by atoms with Crippen LogP contribution in [0.25, 0.3) is 128 Å². The van der Waals surface area contributed by atoms with Gasteiger partial charge in [-0.3, -0.25) is 0 Å². The maximum Gasteiger partial charge on any atom is 0.164 e. The number of fused-ring (bicyclic) bond motifs is 9. The van der Waals surface area contributed by atoms with Crippen molar-refractivity contribution in [3.8, 4) is 62.1 Å². The molecule has 294 valence electrons. The number of para-hydroxylation sites is 2. The third-order valence-electron chi connectivity index (χ3n) is 12.3. The molecular weight excluding hydrogens is 773 g/mol. The first-order valence-corrected chi connectivity index (χ1v) is 21.1. The molecule has 0 fully saturated rings. The summed E-state index contributed by atoms with van der Waals surface area (Å²) in [6.45, 7) is 0. The minimum atomic E-state index is 0.548. The van der Waals surface area contributed by atoms with Gasteiger partial charge in [-0.2, -0.15) is 0 Å². The second-order valence-corrected chi connectivity index (χ2v) is 16.0. The van der Waals surface area contributed by atoms with Gasteiger partial charge in [0.1, 0.15) is 22.3 Å². The Labute approximate surface area is 361 Å². The fourth-order valence-corrected chi connectivity index (χ4v) is 9.27. The topological polar surface area (TPSA) is 69.9 Å². The van der Waals surface area contributed by atoms with Crippen molar-refractivity contribution in [3.63, 3.8) is 0 Å². The number of furan rings is 2. The summed E-state index contributed by atoms with van der Waals surface area (Å²) in [6, 6.07) is 71.5. The molecule has 0 atom stereocenters. The maximum absolute atomic E-state index is 6.68. The Morgan fingerprint density at radius 2 is 0.778 bits per heavy atom. The lowest BCUT2D eigenvalue weighted by Crippen LogP contribution is -2.00. The predicted octanol–water partition coefficient (Wildman–Crippen LogP) is 15.1. The number of aromatic nitrogens is 4. The molecule has 4 aromatic heterocycles. The van der Waals surface area contributed by atoms with E-state index >= 15 is 0 Å². The first-order chi connectivity index (χ1) is 31.2. The van der Waals surface area contributed by atoms with Gasteiger partial charge in [-0.15, -0.1) is 0 Å². The van der Waals surface area contributed by atoms with Crippen molar-refractivity contribution in [2.24, 2.45) is 0 Å². The Morgan fingerprint density at radius 3 is 1.44 bits per heavy atom. The molecule has 13 rings (SSSR count). The summed E-state index contributed by atoms with van der Waals surface area (Å²) in [5.74, 6) is 1.67. The fourth-order valence-electron chi connectivity index (χ4n) is 9.27. The molecule has 13 aromatic rings. The van der Waals surface area contributed by atoms with E-state index in [1.807, 2.05) is 36.4 Å². The molecule has 63 heavy (non-hydrogen) atoms. The largest absolute Gasteiger partial charge is 0.456 e. The van der Waals surface area contributed by atoms with E-state index in [9.17, 15) is 0 Å². The van der Waals surface area contributed by atoms with E-state index in [4.69, 9.17) is 23.8 Å². The highest BCUT2D eigenvalue weighted by molar-refractivity contribution is 6.13. The molecule has 0 N–H and O–H groups in total. The highest BCUT2D eigenvalue weighted by Crippen LogP contribution is 2.40. The Kier molecular flexibility index (Phi) is 7.80. The Hall–Kier alpha value is -8.61. The van der Waals surface area contributed by atoms with Crippen molar-refractivity contribution in [3.05, 3.63) is 206 Å². The monoisotopic (exact) mass is 806 g/mol. The van der Waals surface area contributed by atoms with Crippen molar-refractivity contribution in [1.29, 1.82) is 0 Å². The van der Waals surface area contributed by atoms with Crippen LogP contribution in [0.4, 0.5) is 0 Å². The van der Waals surface area contributed by atoms with E-state index in [1.54, 1.807) is 0 Å². The maximum atomic E-state index is 6.68. The smallest absolute Gasteiger partial charge is 0.164 e. The summed E-state index contributed by atoms with van der Waals surface area (Å²) in [7, 11) is 0. The van der Waals surface area contributed by atoms with Crippen LogP contribution >= 0.6 is 0 Å². The molecule has 4 heterocycles. The van der Waals surface area contributed by atoms with Gasteiger partial charge in [0.05, 0.1) is 11.0 Å². The van der Waals surface area contributed by atoms with Gasteiger partial charge < -0.3 is 13.4 Å². The lowest BCUT2D eigenvalue weighted by molar-refractivity contribution is 0.668. The molecule has 9 aromatic carbocycles. The van der Waals surface area contributed by atoms with Gasteiger partial charge in [-0.1, -0.05) is 146 Å². The molecule has 0 amide bonds. The van der Waals surface area contributed by atoms with Crippen LogP contribution in [-0.4, -0.2) is 19.5 Å². The lowest BCUT2D eigenvalue weighted by Gasteiger charge is -2.09. The number of rotatable bonds is 6. The summed E-state index contributed by atoms with van der Waals surface area (Å²) in [4.78, 5) is 15.4. The average Bonchev–Trinajstić information content (AvgIpc) is 4.03. The van der Waals surface area contributed by atoms with Crippen molar-refractivity contribution in [1.82, 2.24) is 19.5 Å². The molecule has 6 nitrogen and oxygen atoms in total. The predicted molar refractivity (Wildman–Crippen MR) is 256 cm³/mol. The summed E-state index contributed by atoms with van der Waals surface area (Å²) >= 11 is 0. The summed E-state index contributed by atoms with van der Waals surface area (Å²) < 4.78 is 15.5. The molecule has 6 heteroatoms. The Bertz CT molecular complexity index is 3850. The van der Waals surface area contributed by atoms with Crippen molar-refractivity contribution in [2.75, 3.05) is 0 Å². The zero-order chi connectivity index (χ0) is 41.4. The molecule has 0 aliphatic heterocycles. The van der Waals surface area contributed by atoms with Gasteiger partial charge in [0.15, 0.2) is 17.5 Å². The third kappa shape index (κ3) is 5.76. The van der Waals surface area contributed by atoms with Crippen molar-refractivity contribution < 1.29 is 8.83 Å². The second-order valence-electron chi connectivity index (χ2n) is 16.0. The van der Waals surface area contributed by atoms with Gasteiger partial charge >= 0.3 is 0 Å². The summed E-state index contributed by atoms with van der Waals surface area (Å²) in [6.07, 6.45) is 0. The molecule has 0 aliphatic rings. The normalized spacial score (nSPS) is 11.8. The van der Waals surface area contributed by atoms with E-state index in [-0.39, 0.29) is 0 Å². The summed E-state index contributed by atoms with van der Waals surface area (Å²) in [5.41, 5.74) is 13.6. The van der Waals surface area contributed by atoms with E-state index in [2.05, 4.69) is 174 Å². The van der Waals surface area contributed by atoms with E-state index < -0.39 is 0 Å². The highest BCUT2D eigenvalue weighted by atomic mass is 16.3. The van der Waals surface area contributed by atoms with E-state index in [0.717, 1.165) is 99.5 Å². The molecule has 0 saturated heterocycles. The first-order valence-electron chi connectivity index (χ1n) is 21.1.